The van der Waals surface area contributed by atoms with Gasteiger partial charge < -0.3 is 4.90 Å². The molecule has 0 aromatic carbocycles. The van der Waals surface area contributed by atoms with E-state index in [1.165, 1.54) is 0 Å². The van der Waals surface area contributed by atoms with Gasteiger partial charge in [0.25, 0.3) is 0 Å². The summed E-state index contributed by atoms with van der Waals surface area (Å²) >= 11 is 0. The molecule has 1 unspecified atom stereocenters. The van der Waals surface area contributed by atoms with Crippen molar-refractivity contribution in [1.82, 2.24) is 4.90 Å². The normalized spacial score (nSPS) is 22.4. The Kier molecular flexibility index (Phi) is 2.13. The molecule has 0 amide bonds. The number of hydrogen-bond donors (Lipinski definition) is 0. The second kappa shape index (κ2) is 2.91. The van der Waals surface area contributed by atoms with Crippen LogP contribution in [0.1, 0.15) is 6.42 Å². The standard InChI is InChI=1S/C9H13NO/c1-7-6-8(7)9(11)4-5-10(2)3/h4-5,8H,1,6H2,2-3H3/b5-4+. The molecule has 2 nitrogen and oxygen atoms in total. The summed E-state index contributed by atoms with van der Waals surface area (Å²) in [5.74, 6) is 0.315. The summed E-state index contributed by atoms with van der Waals surface area (Å²) in [6.45, 7) is 3.73. The molecule has 1 saturated carbocycles. The second-order valence-electron chi connectivity index (χ2n) is 3.10. The van der Waals surface area contributed by atoms with Crippen molar-refractivity contribution in [2.45, 2.75) is 6.42 Å². The number of nitrogens with zero attached hydrogens (tertiary/aromatic N) is 1. The Balaban J connectivity index is 2.38. The first-order valence-electron chi connectivity index (χ1n) is 3.67. The van der Waals surface area contributed by atoms with Crippen LogP contribution in [-0.4, -0.2) is 24.8 Å². The molecule has 2 heteroatoms. The Morgan fingerprint density at radius 1 is 1.73 bits per heavy atom. The Bertz CT molecular complexity index is 216. The van der Waals surface area contributed by atoms with E-state index >= 15 is 0 Å². The van der Waals surface area contributed by atoms with Gasteiger partial charge in [-0.05, 0) is 12.5 Å². The van der Waals surface area contributed by atoms with E-state index in [2.05, 4.69) is 6.58 Å². The van der Waals surface area contributed by atoms with Gasteiger partial charge >= 0.3 is 0 Å². The van der Waals surface area contributed by atoms with E-state index in [0.717, 1.165) is 12.0 Å². The molecule has 60 valence electrons. The van der Waals surface area contributed by atoms with E-state index in [9.17, 15) is 4.79 Å². The number of ketones is 1. The molecule has 1 rings (SSSR count). The van der Waals surface area contributed by atoms with Crippen molar-refractivity contribution >= 4 is 5.78 Å². The summed E-state index contributed by atoms with van der Waals surface area (Å²) in [7, 11) is 3.79. The van der Waals surface area contributed by atoms with E-state index in [1.54, 1.807) is 12.3 Å². The number of rotatable bonds is 3. The first-order valence-corrected chi connectivity index (χ1v) is 3.67. The maximum atomic E-state index is 11.1. The molecule has 0 aromatic heterocycles. The lowest BCUT2D eigenvalue weighted by molar-refractivity contribution is -0.115. The fourth-order valence-corrected chi connectivity index (χ4v) is 0.844. The van der Waals surface area contributed by atoms with E-state index in [1.807, 2.05) is 19.0 Å². The fraction of sp³-hybridized carbons (Fsp3) is 0.444. The molecule has 11 heavy (non-hydrogen) atoms. The summed E-state index contributed by atoms with van der Waals surface area (Å²) in [6.07, 6.45) is 4.27. The molecule has 1 fully saturated rings. The van der Waals surface area contributed by atoms with Gasteiger partial charge in [0.05, 0.1) is 0 Å². The lowest BCUT2D eigenvalue weighted by Gasteiger charge is -2.01. The Morgan fingerprint density at radius 3 is 2.64 bits per heavy atom. The van der Waals surface area contributed by atoms with Gasteiger partial charge in [0.2, 0.25) is 0 Å². The van der Waals surface area contributed by atoms with Crippen LogP contribution in [0.25, 0.3) is 0 Å². The SMILES string of the molecule is C=C1CC1C(=O)/C=C/N(C)C. The minimum atomic E-state index is 0.131. The topological polar surface area (TPSA) is 20.3 Å². The maximum absolute atomic E-state index is 11.1. The number of carbonyl (C=O) groups is 1. The predicted molar refractivity (Wildman–Crippen MR) is 45.1 cm³/mol. The van der Waals surface area contributed by atoms with Crippen molar-refractivity contribution in [2.24, 2.45) is 5.92 Å². The highest BCUT2D eigenvalue weighted by Gasteiger charge is 2.32. The van der Waals surface area contributed by atoms with E-state index in [4.69, 9.17) is 0 Å². The molecule has 1 atom stereocenters. The monoisotopic (exact) mass is 151 g/mol. The molecule has 1 aliphatic carbocycles. The molecule has 1 aliphatic rings. The fourth-order valence-electron chi connectivity index (χ4n) is 0.844. The minimum absolute atomic E-state index is 0.131. The van der Waals surface area contributed by atoms with Crippen molar-refractivity contribution in [3.8, 4) is 0 Å². The smallest absolute Gasteiger partial charge is 0.164 e. The molecule has 0 radical (unpaired) electrons. The maximum Gasteiger partial charge on any atom is 0.164 e. The predicted octanol–water partition coefficient (Wildman–Crippen LogP) is 1.21. The van der Waals surface area contributed by atoms with Gasteiger partial charge in [-0.1, -0.05) is 12.2 Å². The lowest BCUT2D eigenvalue weighted by atomic mass is 10.2. The van der Waals surface area contributed by atoms with Crippen LogP contribution in [0.4, 0.5) is 0 Å². The summed E-state index contributed by atoms with van der Waals surface area (Å²) in [5, 5.41) is 0. The zero-order valence-electron chi connectivity index (χ0n) is 7.00. The van der Waals surface area contributed by atoms with Gasteiger partial charge in [-0.3, -0.25) is 4.79 Å². The van der Waals surface area contributed by atoms with Crippen LogP contribution in [0.15, 0.2) is 24.4 Å². The Hall–Kier alpha value is -1.05. The minimum Gasteiger partial charge on any atom is -0.383 e. The van der Waals surface area contributed by atoms with Crippen molar-refractivity contribution < 1.29 is 4.79 Å². The Labute approximate surface area is 67.2 Å². The zero-order valence-corrected chi connectivity index (χ0v) is 7.00. The molecular formula is C9H13NO. The van der Waals surface area contributed by atoms with Gasteiger partial charge in [-0.2, -0.15) is 0 Å². The second-order valence-corrected chi connectivity index (χ2v) is 3.10. The first-order chi connectivity index (χ1) is 5.11. The number of carbonyl (C=O) groups excluding carboxylic acids is 1. The summed E-state index contributed by atoms with van der Waals surface area (Å²) in [6, 6.07) is 0. The summed E-state index contributed by atoms with van der Waals surface area (Å²) < 4.78 is 0. The van der Waals surface area contributed by atoms with Crippen molar-refractivity contribution in [3.05, 3.63) is 24.4 Å². The third-order valence-corrected chi connectivity index (χ3v) is 1.68. The van der Waals surface area contributed by atoms with Gasteiger partial charge in [0.1, 0.15) is 0 Å². The quantitative estimate of drug-likeness (QED) is 0.446. The average Bonchev–Trinajstić information content (AvgIpc) is 2.61. The summed E-state index contributed by atoms with van der Waals surface area (Å²) in [5.41, 5.74) is 1.07. The number of allylic oxidation sites excluding steroid dienone is 2. The third kappa shape index (κ3) is 2.22. The molecule has 0 aliphatic heterocycles. The summed E-state index contributed by atoms with van der Waals surface area (Å²) in [4.78, 5) is 13.0. The highest BCUT2D eigenvalue weighted by molar-refractivity contribution is 5.96. The van der Waals surface area contributed by atoms with Crippen molar-refractivity contribution in [3.63, 3.8) is 0 Å². The van der Waals surface area contributed by atoms with E-state index in [-0.39, 0.29) is 11.7 Å². The van der Waals surface area contributed by atoms with E-state index < -0.39 is 0 Å². The van der Waals surface area contributed by atoms with Gasteiger partial charge in [-0.25, -0.2) is 0 Å². The van der Waals surface area contributed by atoms with Crippen molar-refractivity contribution in [1.29, 1.82) is 0 Å². The molecule has 0 aromatic rings. The van der Waals surface area contributed by atoms with Gasteiger partial charge in [0.15, 0.2) is 5.78 Å². The number of hydrogen-bond acceptors (Lipinski definition) is 2. The lowest BCUT2D eigenvalue weighted by Crippen LogP contribution is -2.03. The van der Waals surface area contributed by atoms with Crippen LogP contribution < -0.4 is 0 Å². The highest BCUT2D eigenvalue weighted by atomic mass is 16.1. The molecule has 0 bridgehead atoms. The molecule has 0 heterocycles. The van der Waals surface area contributed by atoms with Crippen LogP contribution in [0.3, 0.4) is 0 Å². The average molecular weight is 151 g/mol. The van der Waals surface area contributed by atoms with Crippen LogP contribution >= 0.6 is 0 Å². The van der Waals surface area contributed by atoms with Gasteiger partial charge in [0, 0.05) is 26.2 Å². The third-order valence-electron chi connectivity index (χ3n) is 1.68. The largest absolute Gasteiger partial charge is 0.383 e. The van der Waals surface area contributed by atoms with Crippen LogP contribution in [-0.2, 0) is 4.79 Å². The highest BCUT2D eigenvalue weighted by Crippen LogP contribution is 2.36. The van der Waals surface area contributed by atoms with E-state index in [0.29, 0.717) is 0 Å². The van der Waals surface area contributed by atoms with Crippen LogP contribution in [0, 0.1) is 5.92 Å². The first kappa shape index (κ1) is 8.05. The van der Waals surface area contributed by atoms with Crippen LogP contribution in [0.2, 0.25) is 0 Å². The zero-order chi connectivity index (χ0) is 8.43. The molecule has 0 spiro atoms. The van der Waals surface area contributed by atoms with Gasteiger partial charge in [-0.15, -0.1) is 0 Å². The Morgan fingerprint density at radius 2 is 2.27 bits per heavy atom. The van der Waals surface area contributed by atoms with Crippen molar-refractivity contribution in [2.75, 3.05) is 14.1 Å². The molecule has 0 saturated heterocycles. The molecular weight excluding hydrogens is 138 g/mol. The molecule has 0 N–H and O–H groups in total. The van der Waals surface area contributed by atoms with Crippen LogP contribution in [0.5, 0.6) is 0 Å².